The maximum Gasteiger partial charge on any atom is 0.246 e. The standard InChI is InChI=1S/C20H37N3O4/c1-12(2)8-9-15(24)22(6)16(13(3)4)20(26)23(7)17(19(21)25)18-14(5)10-11-27-18/h12-14,16-18H,8-11H2,1-7H3,(H2,21,25)/t14-,16+,17+,18-/m1/s1. The second-order valence-electron chi connectivity index (χ2n) is 8.52. The van der Waals surface area contributed by atoms with Gasteiger partial charge in [0.25, 0.3) is 0 Å². The lowest BCUT2D eigenvalue weighted by Crippen LogP contribution is -2.59. The van der Waals surface area contributed by atoms with E-state index in [0.717, 1.165) is 12.8 Å². The van der Waals surface area contributed by atoms with E-state index in [2.05, 4.69) is 13.8 Å². The summed E-state index contributed by atoms with van der Waals surface area (Å²) in [5, 5.41) is 0. The fourth-order valence-electron chi connectivity index (χ4n) is 3.68. The summed E-state index contributed by atoms with van der Waals surface area (Å²) in [5.74, 6) is -0.467. The molecule has 27 heavy (non-hydrogen) atoms. The Labute approximate surface area is 163 Å². The Morgan fingerprint density at radius 2 is 1.70 bits per heavy atom. The van der Waals surface area contributed by atoms with Gasteiger partial charge in [-0.25, -0.2) is 0 Å². The van der Waals surface area contributed by atoms with Gasteiger partial charge in [0.1, 0.15) is 12.1 Å². The molecule has 7 nitrogen and oxygen atoms in total. The molecule has 0 aromatic rings. The summed E-state index contributed by atoms with van der Waals surface area (Å²) >= 11 is 0. The quantitative estimate of drug-likeness (QED) is 0.655. The Morgan fingerprint density at radius 3 is 2.11 bits per heavy atom. The van der Waals surface area contributed by atoms with E-state index in [4.69, 9.17) is 10.5 Å². The Hall–Kier alpha value is -1.63. The first kappa shape index (κ1) is 23.4. The molecule has 0 aromatic heterocycles. The molecule has 0 spiro atoms. The summed E-state index contributed by atoms with van der Waals surface area (Å²) in [4.78, 5) is 40.8. The van der Waals surface area contributed by atoms with Crippen molar-refractivity contribution >= 4 is 17.7 Å². The lowest BCUT2D eigenvalue weighted by atomic mass is 9.94. The normalized spacial score (nSPS) is 22.0. The van der Waals surface area contributed by atoms with Gasteiger partial charge in [-0.05, 0) is 30.6 Å². The molecule has 1 heterocycles. The Bertz CT molecular complexity index is 535. The number of rotatable bonds is 9. The van der Waals surface area contributed by atoms with E-state index < -0.39 is 24.1 Å². The van der Waals surface area contributed by atoms with E-state index in [1.165, 1.54) is 9.80 Å². The van der Waals surface area contributed by atoms with E-state index in [0.29, 0.717) is 18.9 Å². The number of likely N-dealkylation sites (N-methyl/N-ethyl adjacent to an activating group) is 2. The molecule has 2 N–H and O–H groups in total. The number of nitrogens with two attached hydrogens (primary N) is 1. The topological polar surface area (TPSA) is 92.9 Å². The van der Waals surface area contributed by atoms with Crippen LogP contribution in [0.3, 0.4) is 0 Å². The lowest BCUT2D eigenvalue weighted by molar-refractivity contribution is -0.152. The highest BCUT2D eigenvalue weighted by atomic mass is 16.5. The molecule has 3 amide bonds. The molecule has 0 aliphatic carbocycles. The average Bonchev–Trinajstić information content (AvgIpc) is 2.97. The first-order chi connectivity index (χ1) is 12.5. The van der Waals surface area contributed by atoms with E-state index in [1.54, 1.807) is 14.1 Å². The minimum absolute atomic E-state index is 0.0646. The molecule has 0 radical (unpaired) electrons. The molecular weight excluding hydrogens is 346 g/mol. The molecule has 0 unspecified atom stereocenters. The van der Waals surface area contributed by atoms with Crippen LogP contribution in [0.1, 0.15) is 53.9 Å². The Morgan fingerprint density at radius 1 is 1.11 bits per heavy atom. The predicted molar refractivity (Wildman–Crippen MR) is 105 cm³/mol. The van der Waals surface area contributed by atoms with E-state index >= 15 is 0 Å². The second-order valence-corrected chi connectivity index (χ2v) is 8.52. The van der Waals surface area contributed by atoms with E-state index in [-0.39, 0.29) is 23.7 Å². The minimum atomic E-state index is -0.838. The van der Waals surface area contributed by atoms with Crippen LogP contribution in [-0.4, -0.2) is 66.4 Å². The van der Waals surface area contributed by atoms with Gasteiger partial charge in [0.15, 0.2) is 0 Å². The number of hydrogen-bond acceptors (Lipinski definition) is 4. The van der Waals surface area contributed by atoms with Gasteiger partial charge in [-0.1, -0.05) is 34.6 Å². The number of carbonyl (C=O) groups excluding carboxylic acids is 3. The van der Waals surface area contributed by atoms with Crippen LogP contribution in [0.4, 0.5) is 0 Å². The van der Waals surface area contributed by atoms with Crippen molar-refractivity contribution < 1.29 is 19.1 Å². The van der Waals surface area contributed by atoms with Gasteiger partial charge in [-0.2, -0.15) is 0 Å². The molecule has 0 bridgehead atoms. The summed E-state index contributed by atoms with van der Waals surface area (Å²) in [7, 11) is 3.24. The average molecular weight is 384 g/mol. The lowest BCUT2D eigenvalue weighted by Gasteiger charge is -2.38. The number of hydrogen-bond donors (Lipinski definition) is 1. The molecule has 1 rings (SSSR count). The number of amides is 3. The third-order valence-electron chi connectivity index (χ3n) is 5.44. The summed E-state index contributed by atoms with van der Waals surface area (Å²) < 4.78 is 5.70. The van der Waals surface area contributed by atoms with Crippen LogP contribution in [0.2, 0.25) is 0 Å². The van der Waals surface area contributed by atoms with Crippen molar-refractivity contribution in [2.75, 3.05) is 20.7 Å². The zero-order valence-electron chi connectivity index (χ0n) is 17.9. The van der Waals surface area contributed by atoms with Gasteiger partial charge >= 0.3 is 0 Å². The monoisotopic (exact) mass is 383 g/mol. The van der Waals surface area contributed by atoms with Gasteiger partial charge < -0.3 is 20.3 Å². The molecule has 7 heteroatoms. The fourth-order valence-corrected chi connectivity index (χ4v) is 3.68. The zero-order valence-corrected chi connectivity index (χ0v) is 17.9. The van der Waals surface area contributed by atoms with Crippen molar-refractivity contribution in [1.82, 2.24) is 9.80 Å². The van der Waals surface area contributed by atoms with Crippen molar-refractivity contribution in [2.45, 2.75) is 72.1 Å². The van der Waals surface area contributed by atoms with Gasteiger partial charge in [0.2, 0.25) is 17.7 Å². The summed E-state index contributed by atoms with van der Waals surface area (Å²) in [6.45, 7) is 10.5. The number of nitrogens with zero attached hydrogens (tertiary/aromatic N) is 2. The number of carbonyl (C=O) groups is 3. The summed E-state index contributed by atoms with van der Waals surface area (Å²) in [6.07, 6.45) is 1.59. The van der Waals surface area contributed by atoms with Gasteiger partial charge in [-0.15, -0.1) is 0 Å². The highest BCUT2D eigenvalue weighted by Crippen LogP contribution is 2.26. The van der Waals surface area contributed by atoms with Crippen LogP contribution in [0.15, 0.2) is 0 Å². The summed E-state index contributed by atoms with van der Waals surface area (Å²) in [6, 6.07) is -1.48. The van der Waals surface area contributed by atoms with Crippen molar-refractivity contribution in [2.24, 2.45) is 23.5 Å². The molecule has 0 aromatic carbocycles. The number of ether oxygens (including phenoxy) is 1. The highest BCUT2D eigenvalue weighted by Gasteiger charge is 2.42. The summed E-state index contributed by atoms with van der Waals surface area (Å²) in [5.41, 5.74) is 5.62. The smallest absolute Gasteiger partial charge is 0.246 e. The van der Waals surface area contributed by atoms with Crippen LogP contribution < -0.4 is 5.73 Å². The maximum absolute atomic E-state index is 13.2. The number of primary amides is 1. The van der Waals surface area contributed by atoms with Crippen LogP contribution in [0.25, 0.3) is 0 Å². The molecular formula is C20H37N3O4. The first-order valence-electron chi connectivity index (χ1n) is 9.92. The zero-order chi connectivity index (χ0) is 20.9. The van der Waals surface area contributed by atoms with Gasteiger partial charge in [-0.3, -0.25) is 14.4 Å². The fraction of sp³-hybridized carbons (Fsp3) is 0.850. The molecule has 0 saturated carbocycles. The molecule has 4 atom stereocenters. The molecule has 156 valence electrons. The first-order valence-corrected chi connectivity index (χ1v) is 9.92. The maximum atomic E-state index is 13.2. The third kappa shape index (κ3) is 5.92. The van der Waals surface area contributed by atoms with Gasteiger partial charge in [0.05, 0.1) is 6.10 Å². The molecule has 1 aliphatic heterocycles. The molecule has 1 fully saturated rings. The van der Waals surface area contributed by atoms with Crippen LogP contribution >= 0.6 is 0 Å². The van der Waals surface area contributed by atoms with Crippen molar-refractivity contribution in [1.29, 1.82) is 0 Å². The predicted octanol–water partition coefficient (Wildman–Crippen LogP) is 1.64. The second kappa shape index (κ2) is 10.1. The van der Waals surface area contributed by atoms with E-state index in [9.17, 15) is 14.4 Å². The molecule has 1 aliphatic rings. The van der Waals surface area contributed by atoms with Crippen LogP contribution in [-0.2, 0) is 19.1 Å². The SMILES string of the molecule is CC(C)CCC(=O)N(C)[C@H](C(=O)N(C)[C@H](C(N)=O)[C@@H]1OCC[C@H]1C)C(C)C. The van der Waals surface area contributed by atoms with Crippen molar-refractivity contribution in [3.05, 3.63) is 0 Å². The minimum Gasteiger partial charge on any atom is -0.375 e. The van der Waals surface area contributed by atoms with Crippen molar-refractivity contribution in [3.8, 4) is 0 Å². The van der Waals surface area contributed by atoms with Crippen molar-refractivity contribution in [3.63, 3.8) is 0 Å². The van der Waals surface area contributed by atoms with Gasteiger partial charge in [0, 0.05) is 27.1 Å². The largest absolute Gasteiger partial charge is 0.375 e. The van der Waals surface area contributed by atoms with Crippen LogP contribution in [0.5, 0.6) is 0 Å². The third-order valence-corrected chi connectivity index (χ3v) is 5.44. The Balaban J connectivity index is 3.00. The van der Waals surface area contributed by atoms with Crippen LogP contribution in [0, 0.1) is 17.8 Å². The highest BCUT2D eigenvalue weighted by molar-refractivity contribution is 5.92. The van der Waals surface area contributed by atoms with E-state index in [1.807, 2.05) is 20.8 Å². The molecule has 1 saturated heterocycles. The Kier molecular flexibility index (Phi) is 8.72.